The highest BCUT2D eigenvalue weighted by molar-refractivity contribution is 5.68. The van der Waals surface area contributed by atoms with Gasteiger partial charge in [0.25, 0.3) is 0 Å². The Hall–Kier alpha value is -2.10. The molecule has 0 fully saturated rings. The van der Waals surface area contributed by atoms with Crippen LogP contribution in [0.5, 0.6) is 5.75 Å². The van der Waals surface area contributed by atoms with Crippen molar-refractivity contribution >= 4 is 0 Å². The van der Waals surface area contributed by atoms with Crippen molar-refractivity contribution in [2.24, 2.45) is 0 Å². The fourth-order valence-corrected chi connectivity index (χ4v) is 1.74. The van der Waals surface area contributed by atoms with Crippen molar-refractivity contribution < 1.29 is 4.74 Å². The molecule has 0 saturated heterocycles. The Labute approximate surface area is 99.3 Å². The molecule has 1 N–H and O–H groups in total. The van der Waals surface area contributed by atoms with Gasteiger partial charge in [-0.2, -0.15) is 4.98 Å². The first-order chi connectivity index (χ1) is 8.10. The molecule has 0 saturated carbocycles. The van der Waals surface area contributed by atoms with E-state index in [1.165, 1.54) is 0 Å². The Balaban J connectivity index is 2.66. The number of hydrogen-bond donors (Lipinski definition) is 1. The Morgan fingerprint density at radius 2 is 2.00 bits per heavy atom. The molecule has 4 heteroatoms. The van der Waals surface area contributed by atoms with Crippen LogP contribution in [0.4, 0.5) is 0 Å². The Kier molecular flexibility index (Phi) is 2.95. The molecule has 88 valence electrons. The van der Waals surface area contributed by atoms with Crippen molar-refractivity contribution in [1.82, 2.24) is 9.97 Å². The molecule has 1 heterocycles. The number of ether oxygens (including phenoxy) is 1. The van der Waals surface area contributed by atoms with Crippen molar-refractivity contribution in [2.75, 3.05) is 7.11 Å². The lowest BCUT2D eigenvalue weighted by molar-refractivity contribution is 0.416. The van der Waals surface area contributed by atoms with E-state index in [1.54, 1.807) is 7.11 Å². The van der Waals surface area contributed by atoms with Crippen molar-refractivity contribution in [2.45, 2.75) is 13.8 Å². The van der Waals surface area contributed by atoms with Crippen LogP contribution in [-0.2, 0) is 0 Å². The molecule has 0 atom stereocenters. The summed E-state index contributed by atoms with van der Waals surface area (Å²) in [7, 11) is 1.61. The van der Waals surface area contributed by atoms with E-state index in [0.29, 0.717) is 11.4 Å². The Morgan fingerprint density at radius 3 is 2.65 bits per heavy atom. The van der Waals surface area contributed by atoms with E-state index in [9.17, 15) is 4.79 Å². The summed E-state index contributed by atoms with van der Waals surface area (Å²) in [5.41, 5.74) is 3.00. The van der Waals surface area contributed by atoms with Gasteiger partial charge in [0.1, 0.15) is 5.75 Å². The second-order valence-corrected chi connectivity index (χ2v) is 3.96. The van der Waals surface area contributed by atoms with Gasteiger partial charge in [-0.1, -0.05) is 11.6 Å². The molecule has 0 radical (unpaired) electrons. The van der Waals surface area contributed by atoms with E-state index in [1.807, 2.05) is 38.1 Å². The molecular formula is C13H14N2O2. The van der Waals surface area contributed by atoms with Gasteiger partial charge in [-0.15, -0.1) is 0 Å². The van der Waals surface area contributed by atoms with Crippen LogP contribution in [-0.4, -0.2) is 17.1 Å². The lowest BCUT2D eigenvalue weighted by Crippen LogP contribution is -2.12. The van der Waals surface area contributed by atoms with Crippen LogP contribution in [0.1, 0.15) is 11.3 Å². The van der Waals surface area contributed by atoms with Crippen LogP contribution < -0.4 is 10.4 Å². The highest BCUT2D eigenvalue weighted by Gasteiger charge is 2.08. The minimum absolute atomic E-state index is 0.344. The van der Waals surface area contributed by atoms with E-state index in [2.05, 4.69) is 9.97 Å². The molecule has 0 unspecified atom stereocenters. The monoisotopic (exact) mass is 230 g/mol. The van der Waals surface area contributed by atoms with Crippen molar-refractivity contribution in [3.8, 4) is 17.0 Å². The molecule has 0 aliphatic carbocycles. The Morgan fingerprint density at radius 1 is 1.24 bits per heavy atom. The van der Waals surface area contributed by atoms with Gasteiger partial charge in [-0.3, -0.25) is 0 Å². The number of hydrogen-bond acceptors (Lipinski definition) is 3. The fraction of sp³-hybridized carbons (Fsp3) is 0.231. The van der Waals surface area contributed by atoms with Crippen molar-refractivity contribution in [3.63, 3.8) is 0 Å². The number of methoxy groups -OCH3 is 1. The van der Waals surface area contributed by atoms with E-state index < -0.39 is 0 Å². The predicted octanol–water partition coefficient (Wildman–Crippen LogP) is 2.06. The van der Waals surface area contributed by atoms with Gasteiger partial charge < -0.3 is 9.72 Å². The van der Waals surface area contributed by atoms with Crippen LogP contribution in [0.25, 0.3) is 11.3 Å². The standard InChI is InChI=1S/C13H14N2O2/c1-8-4-5-12(17-3)10(6-8)11-7-9(2)14-13(16)15-11/h4-7H,1-3H3,(H,14,15,16). The van der Waals surface area contributed by atoms with Crippen molar-refractivity contribution in [1.29, 1.82) is 0 Å². The van der Waals surface area contributed by atoms with E-state index in [0.717, 1.165) is 16.8 Å². The van der Waals surface area contributed by atoms with Crippen LogP contribution in [0, 0.1) is 13.8 Å². The van der Waals surface area contributed by atoms with E-state index >= 15 is 0 Å². The number of aryl methyl sites for hydroxylation is 2. The maximum atomic E-state index is 11.4. The summed E-state index contributed by atoms with van der Waals surface area (Å²) < 4.78 is 5.28. The lowest BCUT2D eigenvalue weighted by atomic mass is 10.1. The molecule has 2 rings (SSSR count). The summed E-state index contributed by atoms with van der Waals surface area (Å²) in [6.07, 6.45) is 0. The lowest BCUT2D eigenvalue weighted by Gasteiger charge is -2.09. The number of aromatic nitrogens is 2. The number of aromatic amines is 1. The third-order valence-corrected chi connectivity index (χ3v) is 2.51. The molecule has 1 aromatic carbocycles. The first-order valence-electron chi connectivity index (χ1n) is 5.33. The van der Waals surface area contributed by atoms with Gasteiger partial charge in [0, 0.05) is 11.3 Å². The number of rotatable bonds is 2. The van der Waals surface area contributed by atoms with Gasteiger partial charge in [0.15, 0.2) is 0 Å². The Bertz CT molecular complexity index is 603. The molecule has 1 aromatic heterocycles. The highest BCUT2D eigenvalue weighted by Crippen LogP contribution is 2.28. The topological polar surface area (TPSA) is 55.0 Å². The minimum Gasteiger partial charge on any atom is -0.496 e. The zero-order valence-corrected chi connectivity index (χ0v) is 10.1. The molecule has 0 amide bonds. The normalized spacial score (nSPS) is 10.3. The third kappa shape index (κ3) is 2.36. The zero-order chi connectivity index (χ0) is 12.4. The maximum Gasteiger partial charge on any atom is 0.345 e. The largest absolute Gasteiger partial charge is 0.496 e. The van der Waals surface area contributed by atoms with Crippen LogP contribution in [0.3, 0.4) is 0 Å². The first-order valence-corrected chi connectivity index (χ1v) is 5.33. The average molecular weight is 230 g/mol. The molecule has 4 nitrogen and oxygen atoms in total. The van der Waals surface area contributed by atoms with Gasteiger partial charge in [-0.25, -0.2) is 4.79 Å². The first kappa shape index (κ1) is 11.4. The maximum absolute atomic E-state index is 11.4. The summed E-state index contributed by atoms with van der Waals surface area (Å²) in [6, 6.07) is 7.63. The smallest absolute Gasteiger partial charge is 0.345 e. The zero-order valence-electron chi connectivity index (χ0n) is 10.1. The average Bonchev–Trinajstić information content (AvgIpc) is 2.27. The quantitative estimate of drug-likeness (QED) is 0.859. The fourth-order valence-electron chi connectivity index (χ4n) is 1.74. The molecule has 17 heavy (non-hydrogen) atoms. The number of H-pyrrole nitrogens is 1. The summed E-state index contributed by atoms with van der Waals surface area (Å²) in [4.78, 5) is 17.9. The summed E-state index contributed by atoms with van der Waals surface area (Å²) in [6.45, 7) is 3.82. The van der Waals surface area contributed by atoms with Crippen LogP contribution in [0.2, 0.25) is 0 Å². The van der Waals surface area contributed by atoms with Gasteiger partial charge in [-0.05, 0) is 32.0 Å². The van der Waals surface area contributed by atoms with Gasteiger partial charge in [0.05, 0.1) is 12.8 Å². The molecule has 0 aliphatic rings. The van der Waals surface area contributed by atoms with Crippen molar-refractivity contribution in [3.05, 3.63) is 46.0 Å². The molecule has 0 spiro atoms. The number of nitrogens with zero attached hydrogens (tertiary/aromatic N) is 1. The van der Waals surface area contributed by atoms with Crippen LogP contribution >= 0.6 is 0 Å². The summed E-state index contributed by atoms with van der Waals surface area (Å²) in [5, 5.41) is 0. The second-order valence-electron chi connectivity index (χ2n) is 3.96. The second kappa shape index (κ2) is 4.41. The third-order valence-electron chi connectivity index (χ3n) is 2.51. The van der Waals surface area contributed by atoms with E-state index in [4.69, 9.17) is 4.74 Å². The molecule has 0 aliphatic heterocycles. The SMILES string of the molecule is COc1ccc(C)cc1-c1cc(C)[nH]c(=O)n1. The molecule has 2 aromatic rings. The number of nitrogens with one attached hydrogen (secondary N) is 1. The summed E-state index contributed by atoms with van der Waals surface area (Å²) in [5.74, 6) is 0.716. The van der Waals surface area contributed by atoms with Gasteiger partial charge in [0.2, 0.25) is 0 Å². The van der Waals surface area contributed by atoms with Gasteiger partial charge >= 0.3 is 5.69 Å². The highest BCUT2D eigenvalue weighted by atomic mass is 16.5. The van der Waals surface area contributed by atoms with Crippen LogP contribution in [0.15, 0.2) is 29.1 Å². The minimum atomic E-state index is -0.344. The molecule has 0 bridgehead atoms. The summed E-state index contributed by atoms with van der Waals surface area (Å²) >= 11 is 0. The predicted molar refractivity (Wildman–Crippen MR) is 66.3 cm³/mol. The number of benzene rings is 1. The van der Waals surface area contributed by atoms with E-state index in [-0.39, 0.29) is 5.69 Å². The molecular weight excluding hydrogens is 216 g/mol.